The van der Waals surface area contributed by atoms with E-state index in [1.54, 1.807) is 23.4 Å². The monoisotopic (exact) mass is 570 g/mol. The lowest BCUT2D eigenvalue weighted by atomic mass is 10.1. The molecule has 2 aromatic rings. The Bertz CT molecular complexity index is 1200. The number of halogens is 2. The van der Waals surface area contributed by atoms with Gasteiger partial charge in [0.1, 0.15) is 11.4 Å². The van der Waals surface area contributed by atoms with Gasteiger partial charge in [0.15, 0.2) is 0 Å². The smallest absolute Gasteiger partial charge is 0.410 e. The molecule has 1 amide bonds. The molecule has 3 atom stereocenters. The van der Waals surface area contributed by atoms with Crippen LogP contribution in [0.2, 0.25) is 5.02 Å². The Hall–Kier alpha value is -1.49. The van der Waals surface area contributed by atoms with Gasteiger partial charge in [0, 0.05) is 36.2 Å². The number of thioether (sulfide) groups is 1. The van der Waals surface area contributed by atoms with E-state index in [0.29, 0.717) is 36.3 Å². The average molecular weight is 572 g/mol. The number of aromatic nitrogens is 2. The maximum absolute atomic E-state index is 13.3. The Balaban J connectivity index is 1.56. The number of amides is 1. The van der Waals surface area contributed by atoms with Crippen molar-refractivity contribution in [2.24, 2.45) is 0 Å². The number of carbonyl (C=O) groups is 1. The van der Waals surface area contributed by atoms with E-state index in [4.69, 9.17) is 21.1 Å². The SMILES string of the molecule is COCC1CSc2c(Br)c(Cl)cc3c(N4CC5CCC(C4)N5C(=O)OC(C)(C)C)nc(=O)n1c23. The number of benzene rings is 1. The van der Waals surface area contributed by atoms with E-state index in [1.165, 1.54) is 0 Å². The van der Waals surface area contributed by atoms with Crippen LogP contribution in [0.1, 0.15) is 39.7 Å². The second-order valence-electron chi connectivity index (χ2n) is 10.1. The van der Waals surface area contributed by atoms with Crippen molar-refractivity contribution in [3.05, 3.63) is 26.0 Å². The van der Waals surface area contributed by atoms with E-state index >= 15 is 0 Å². The number of fused-ring (bicyclic) bond motifs is 2. The van der Waals surface area contributed by atoms with Gasteiger partial charge < -0.3 is 14.4 Å². The third-order valence-electron chi connectivity index (χ3n) is 6.57. The molecule has 8 nitrogen and oxygen atoms in total. The summed E-state index contributed by atoms with van der Waals surface area (Å²) < 4.78 is 13.6. The summed E-state index contributed by atoms with van der Waals surface area (Å²) in [5.41, 5.74) is 0.00872. The van der Waals surface area contributed by atoms with E-state index in [2.05, 4.69) is 25.8 Å². The van der Waals surface area contributed by atoms with E-state index < -0.39 is 5.60 Å². The van der Waals surface area contributed by atoms with Gasteiger partial charge in [0.05, 0.1) is 39.7 Å². The number of rotatable bonds is 3. The third kappa shape index (κ3) is 4.10. The minimum atomic E-state index is -0.541. The summed E-state index contributed by atoms with van der Waals surface area (Å²) >= 11 is 11.9. The molecule has 0 N–H and O–H groups in total. The maximum atomic E-state index is 13.3. The summed E-state index contributed by atoms with van der Waals surface area (Å²) in [6.07, 6.45) is 1.53. The molecule has 11 heteroatoms. The number of anilines is 1. The number of hydrogen-bond donors (Lipinski definition) is 0. The highest BCUT2D eigenvalue weighted by Gasteiger charge is 2.45. The molecule has 2 fully saturated rings. The molecule has 34 heavy (non-hydrogen) atoms. The van der Waals surface area contributed by atoms with Gasteiger partial charge in [-0.2, -0.15) is 4.98 Å². The van der Waals surface area contributed by atoms with Crippen molar-refractivity contribution in [3.8, 4) is 0 Å². The molecule has 3 aliphatic heterocycles. The van der Waals surface area contributed by atoms with Crippen LogP contribution < -0.4 is 10.6 Å². The normalized spacial score (nSPS) is 24.1. The van der Waals surface area contributed by atoms with Gasteiger partial charge in [-0.1, -0.05) is 11.6 Å². The molecule has 184 valence electrons. The van der Waals surface area contributed by atoms with Gasteiger partial charge >= 0.3 is 11.8 Å². The number of hydrogen-bond acceptors (Lipinski definition) is 7. The van der Waals surface area contributed by atoms with Gasteiger partial charge in [-0.3, -0.25) is 9.47 Å². The minimum absolute atomic E-state index is 0.0155. The molecule has 1 aromatic heterocycles. The van der Waals surface area contributed by atoms with Crippen LogP contribution in [0.15, 0.2) is 20.2 Å². The Morgan fingerprint density at radius 2 is 1.97 bits per heavy atom. The zero-order valence-corrected chi connectivity index (χ0v) is 22.8. The second kappa shape index (κ2) is 8.87. The standard InChI is InChI=1S/C23H28BrClN4O4S/c1-23(2,3)33-22(31)28-12-5-6-13(28)9-27(8-12)20-15-7-16(25)17(24)19-18(15)29(21(30)26-20)14(10-32-4)11-34-19/h7,12-14H,5-6,8-11H2,1-4H3. The Morgan fingerprint density at radius 3 is 2.59 bits per heavy atom. The summed E-state index contributed by atoms with van der Waals surface area (Å²) in [7, 11) is 1.64. The van der Waals surface area contributed by atoms with Crippen LogP contribution in [0.3, 0.4) is 0 Å². The molecule has 2 saturated heterocycles. The van der Waals surface area contributed by atoms with Gasteiger partial charge in [-0.25, -0.2) is 9.59 Å². The van der Waals surface area contributed by atoms with Gasteiger partial charge in [0.2, 0.25) is 0 Å². The average Bonchev–Trinajstić information content (AvgIpc) is 3.03. The van der Waals surface area contributed by atoms with Crippen molar-refractivity contribution in [1.82, 2.24) is 14.5 Å². The second-order valence-corrected chi connectivity index (χ2v) is 12.3. The molecule has 0 radical (unpaired) electrons. The number of nitrogens with zero attached hydrogens (tertiary/aromatic N) is 4. The third-order valence-corrected chi connectivity index (χ3v) is 9.42. The van der Waals surface area contributed by atoms with Crippen LogP contribution in [0.25, 0.3) is 10.9 Å². The van der Waals surface area contributed by atoms with Crippen molar-refractivity contribution < 1.29 is 14.3 Å². The summed E-state index contributed by atoms with van der Waals surface area (Å²) in [4.78, 5) is 35.7. The molecule has 0 spiro atoms. The van der Waals surface area contributed by atoms with Crippen LogP contribution in [0, 0.1) is 0 Å². The predicted octanol–water partition coefficient (Wildman–Crippen LogP) is 4.69. The zero-order valence-electron chi connectivity index (χ0n) is 19.6. The number of carbonyl (C=O) groups excluding carboxylic acids is 1. The van der Waals surface area contributed by atoms with Crippen LogP contribution >= 0.6 is 39.3 Å². The van der Waals surface area contributed by atoms with E-state index in [0.717, 1.165) is 33.1 Å². The van der Waals surface area contributed by atoms with Crippen LogP contribution in [0.4, 0.5) is 10.6 Å². The first-order chi connectivity index (χ1) is 16.1. The first-order valence-corrected chi connectivity index (χ1v) is 13.6. The molecule has 4 heterocycles. The molecule has 3 unspecified atom stereocenters. The molecule has 5 rings (SSSR count). The highest BCUT2D eigenvalue weighted by molar-refractivity contribution is 9.10. The fourth-order valence-corrected chi connectivity index (χ4v) is 7.36. The fourth-order valence-electron chi connectivity index (χ4n) is 5.27. The van der Waals surface area contributed by atoms with Crippen molar-refractivity contribution >= 4 is 62.1 Å². The van der Waals surface area contributed by atoms with Gasteiger partial charge in [0.25, 0.3) is 0 Å². The zero-order chi connectivity index (χ0) is 24.4. The molecular formula is C23H28BrClN4O4S. The van der Waals surface area contributed by atoms with E-state index in [-0.39, 0.29) is 29.9 Å². The summed E-state index contributed by atoms with van der Waals surface area (Å²) in [6.45, 7) is 7.27. The fraction of sp³-hybridized carbons (Fsp3) is 0.609. The lowest BCUT2D eigenvalue weighted by Crippen LogP contribution is -2.57. The maximum Gasteiger partial charge on any atom is 0.410 e. The van der Waals surface area contributed by atoms with Crippen molar-refractivity contribution in [2.45, 2.75) is 62.2 Å². The first-order valence-electron chi connectivity index (χ1n) is 11.4. The molecule has 0 saturated carbocycles. The summed E-state index contributed by atoms with van der Waals surface area (Å²) in [5, 5.41) is 1.44. The van der Waals surface area contributed by atoms with Crippen molar-refractivity contribution in [1.29, 1.82) is 0 Å². The Kier molecular flexibility index (Phi) is 6.32. The quantitative estimate of drug-likeness (QED) is 0.529. The highest BCUT2D eigenvalue weighted by atomic mass is 79.9. The molecular weight excluding hydrogens is 544 g/mol. The summed E-state index contributed by atoms with van der Waals surface area (Å²) in [5.74, 6) is 1.33. The van der Waals surface area contributed by atoms with E-state index in [1.807, 2.05) is 31.7 Å². The lowest BCUT2D eigenvalue weighted by molar-refractivity contribution is 0.0123. The Labute approximate surface area is 216 Å². The predicted molar refractivity (Wildman–Crippen MR) is 137 cm³/mol. The number of ether oxygens (including phenoxy) is 2. The van der Waals surface area contributed by atoms with Crippen molar-refractivity contribution in [2.75, 3.05) is 37.5 Å². The Morgan fingerprint density at radius 1 is 1.29 bits per heavy atom. The molecule has 1 aromatic carbocycles. The summed E-state index contributed by atoms with van der Waals surface area (Å²) in [6, 6.07) is 1.82. The van der Waals surface area contributed by atoms with Crippen LogP contribution in [0.5, 0.6) is 0 Å². The topological polar surface area (TPSA) is 76.9 Å². The highest BCUT2D eigenvalue weighted by Crippen LogP contribution is 2.46. The number of methoxy groups -OCH3 is 1. The molecule has 2 bridgehead atoms. The van der Waals surface area contributed by atoms with E-state index in [9.17, 15) is 9.59 Å². The van der Waals surface area contributed by atoms with Crippen molar-refractivity contribution in [3.63, 3.8) is 0 Å². The van der Waals surface area contributed by atoms with Gasteiger partial charge in [-0.05, 0) is 55.6 Å². The lowest BCUT2D eigenvalue weighted by Gasteiger charge is -2.42. The van der Waals surface area contributed by atoms with Crippen LogP contribution in [-0.2, 0) is 9.47 Å². The number of piperazine rings is 1. The first kappa shape index (κ1) is 24.2. The molecule has 0 aliphatic carbocycles. The van der Waals surface area contributed by atoms with Gasteiger partial charge in [-0.15, -0.1) is 11.8 Å². The minimum Gasteiger partial charge on any atom is -0.444 e. The molecule has 3 aliphatic rings. The van der Waals surface area contributed by atoms with Crippen LogP contribution in [-0.4, -0.2) is 70.8 Å². The largest absolute Gasteiger partial charge is 0.444 e.